The molecule has 0 spiro atoms. The lowest BCUT2D eigenvalue weighted by atomic mass is 9.98. The van der Waals surface area contributed by atoms with Crippen LogP contribution in [0.3, 0.4) is 0 Å². The van der Waals surface area contributed by atoms with Gasteiger partial charge in [0.1, 0.15) is 6.33 Å². The Balaban J connectivity index is 1.78. The van der Waals surface area contributed by atoms with Crippen molar-refractivity contribution in [1.82, 2.24) is 24.9 Å². The molecule has 1 saturated heterocycles. The number of nitrogens with one attached hydrogen (secondary N) is 2. The molecule has 1 aliphatic heterocycles. The SMILES string of the molecule is CC(C)c1c(-c2ccc(N3CCNCC3)cc2)[nH]c2ncnn2c1=O. The van der Waals surface area contributed by atoms with E-state index in [4.69, 9.17) is 0 Å². The fourth-order valence-electron chi connectivity index (χ4n) is 3.40. The van der Waals surface area contributed by atoms with Crippen LogP contribution in [0.25, 0.3) is 17.0 Å². The molecule has 2 aromatic heterocycles. The number of aromatic nitrogens is 4. The van der Waals surface area contributed by atoms with Gasteiger partial charge in [-0.1, -0.05) is 26.0 Å². The quantitative estimate of drug-likeness (QED) is 0.759. The Morgan fingerprint density at radius 3 is 2.52 bits per heavy atom. The van der Waals surface area contributed by atoms with Crippen LogP contribution in [0.1, 0.15) is 25.3 Å². The molecular formula is C18H22N6O. The highest BCUT2D eigenvalue weighted by Crippen LogP contribution is 2.27. The molecule has 1 aliphatic rings. The molecule has 0 atom stereocenters. The fourth-order valence-corrected chi connectivity index (χ4v) is 3.40. The Bertz CT molecular complexity index is 934. The minimum Gasteiger partial charge on any atom is -0.369 e. The lowest BCUT2D eigenvalue weighted by molar-refractivity contribution is 0.589. The molecule has 4 rings (SSSR count). The highest BCUT2D eigenvalue weighted by atomic mass is 16.1. The van der Waals surface area contributed by atoms with Gasteiger partial charge in [0.25, 0.3) is 5.56 Å². The molecule has 0 saturated carbocycles. The molecular weight excluding hydrogens is 316 g/mol. The summed E-state index contributed by atoms with van der Waals surface area (Å²) in [5.74, 6) is 0.552. The molecule has 0 unspecified atom stereocenters. The molecule has 3 heterocycles. The average molecular weight is 338 g/mol. The van der Waals surface area contributed by atoms with Crippen LogP contribution < -0.4 is 15.8 Å². The summed E-state index contributed by atoms with van der Waals surface area (Å²) in [5.41, 5.74) is 3.65. The van der Waals surface area contributed by atoms with E-state index in [2.05, 4.69) is 49.5 Å². The van der Waals surface area contributed by atoms with Gasteiger partial charge in [-0.15, -0.1) is 0 Å². The Morgan fingerprint density at radius 2 is 1.84 bits per heavy atom. The third kappa shape index (κ3) is 2.80. The van der Waals surface area contributed by atoms with Crippen LogP contribution in [0.4, 0.5) is 5.69 Å². The van der Waals surface area contributed by atoms with Crippen LogP contribution in [-0.2, 0) is 0 Å². The molecule has 0 amide bonds. The predicted octanol–water partition coefficient (Wildman–Crippen LogP) is 1.62. The molecule has 1 fully saturated rings. The maximum absolute atomic E-state index is 12.8. The first-order valence-corrected chi connectivity index (χ1v) is 8.67. The summed E-state index contributed by atoms with van der Waals surface area (Å²) in [4.78, 5) is 22.6. The molecule has 0 bridgehead atoms. The summed E-state index contributed by atoms with van der Waals surface area (Å²) in [6, 6.07) is 8.39. The van der Waals surface area contributed by atoms with Crippen molar-refractivity contribution in [3.05, 3.63) is 46.5 Å². The first-order valence-electron chi connectivity index (χ1n) is 8.67. The Morgan fingerprint density at radius 1 is 1.12 bits per heavy atom. The molecule has 130 valence electrons. The van der Waals surface area contributed by atoms with Gasteiger partial charge in [0, 0.05) is 37.4 Å². The van der Waals surface area contributed by atoms with Gasteiger partial charge in [0.2, 0.25) is 5.78 Å². The van der Waals surface area contributed by atoms with Crippen molar-refractivity contribution in [1.29, 1.82) is 0 Å². The summed E-state index contributed by atoms with van der Waals surface area (Å²) < 4.78 is 1.33. The lowest BCUT2D eigenvalue weighted by Gasteiger charge is -2.29. The summed E-state index contributed by atoms with van der Waals surface area (Å²) in [5, 5.41) is 7.39. The van der Waals surface area contributed by atoms with E-state index >= 15 is 0 Å². The molecule has 7 nitrogen and oxygen atoms in total. The van der Waals surface area contributed by atoms with Gasteiger partial charge in [-0.25, -0.2) is 0 Å². The van der Waals surface area contributed by atoms with Gasteiger partial charge < -0.3 is 15.2 Å². The monoisotopic (exact) mass is 338 g/mol. The van der Waals surface area contributed by atoms with E-state index in [1.54, 1.807) is 0 Å². The fraction of sp³-hybridized carbons (Fsp3) is 0.389. The number of aromatic amines is 1. The van der Waals surface area contributed by atoms with Gasteiger partial charge >= 0.3 is 0 Å². The molecule has 0 aliphatic carbocycles. The average Bonchev–Trinajstić information content (AvgIpc) is 3.11. The third-order valence-corrected chi connectivity index (χ3v) is 4.69. The highest BCUT2D eigenvalue weighted by molar-refractivity contribution is 5.67. The highest BCUT2D eigenvalue weighted by Gasteiger charge is 2.18. The van der Waals surface area contributed by atoms with E-state index in [1.165, 1.54) is 16.5 Å². The second-order valence-electron chi connectivity index (χ2n) is 6.65. The van der Waals surface area contributed by atoms with E-state index in [9.17, 15) is 4.79 Å². The summed E-state index contributed by atoms with van der Waals surface area (Å²) >= 11 is 0. The summed E-state index contributed by atoms with van der Waals surface area (Å²) in [7, 11) is 0. The van der Waals surface area contributed by atoms with E-state index < -0.39 is 0 Å². The van der Waals surface area contributed by atoms with Crippen LogP contribution in [-0.4, -0.2) is 45.8 Å². The van der Waals surface area contributed by atoms with Gasteiger partial charge in [0.15, 0.2) is 0 Å². The largest absolute Gasteiger partial charge is 0.369 e. The van der Waals surface area contributed by atoms with Crippen LogP contribution in [0.2, 0.25) is 0 Å². The van der Waals surface area contributed by atoms with Gasteiger partial charge in [-0.2, -0.15) is 14.6 Å². The lowest BCUT2D eigenvalue weighted by Crippen LogP contribution is -2.43. The van der Waals surface area contributed by atoms with Crippen LogP contribution >= 0.6 is 0 Å². The van der Waals surface area contributed by atoms with Crippen molar-refractivity contribution in [3.63, 3.8) is 0 Å². The molecule has 25 heavy (non-hydrogen) atoms. The van der Waals surface area contributed by atoms with E-state index in [0.717, 1.165) is 43.0 Å². The number of hydrogen-bond donors (Lipinski definition) is 2. The standard InChI is InChI=1S/C18H22N6O/c1-12(2)15-16(22-18-20-11-21-24(18)17(15)25)13-3-5-14(6-4-13)23-9-7-19-8-10-23/h3-6,11-12,19H,7-10H2,1-2H3,(H,20,21,22). The molecule has 0 radical (unpaired) electrons. The Kier molecular flexibility index (Phi) is 4.01. The third-order valence-electron chi connectivity index (χ3n) is 4.69. The van der Waals surface area contributed by atoms with Gasteiger partial charge in [0.05, 0.1) is 5.69 Å². The van der Waals surface area contributed by atoms with Crippen molar-refractivity contribution in [2.75, 3.05) is 31.1 Å². The van der Waals surface area contributed by atoms with Crippen molar-refractivity contribution in [2.24, 2.45) is 0 Å². The number of benzene rings is 1. The summed E-state index contributed by atoms with van der Waals surface area (Å²) in [6.45, 7) is 8.09. The van der Waals surface area contributed by atoms with E-state index in [1.807, 2.05) is 13.8 Å². The number of fused-ring (bicyclic) bond motifs is 1. The Labute approximate surface area is 145 Å². The number of anilines is 1. The molecule has 7 heteroatoms. The first-order chi connectivity index (χ1) is 12.1. The van der Waals surface area contributed by atoms with E-state index in [-0.39, 0.29) is 11.5 Å². The zero-order valence-electron chi connectivity index (χ0n) is 14.5. The predicted molar refractivity (Wildman–Crippen MR) is 98.2 cm³/mol. The number of piperazine rings is 1. The maximum atomic E-state index is 12.8. The van der Waals surface area contributed by atoms with Gasteiger partial charge in [-0.05, 0) is 23.6 Å². The smallest absolute Gasteiger partial charge is 0.279 e. The van der Waals surface area contributed by atoms with Gasteiger partial charge in [-0.3, -0.25) is 4.79 Å². The normalized spacial score (nSPS) is 15.2. The second-order valence-corrected chi connectivity index (χ2v) is 6.65. The number of H-pyrrole nitrogens is 1. The molecule has 2 N–H and O–H groups in total. The molecule has 1 aromatic carbocycles. The number of hydrogen-bond acceptors (Lipinski definition) is 5. The van der Waals surface area contributed by atoms with Crippen molar-refractivity contribution < 1.29 is 0 Å². The number of nitrogens with zero attached hydrogens (tertiary/aromatic N) is 4. The van der Waals surface area contributed by atoms with Crippen molar-refractivity contribution in [3.8, 4) is 11.3 Å². The van der Waals surface area contributed by atoms with Crippen molar-refractivity contribution in [2.45, 2.75) is 19.8 Å². The zero-order chi connectivity index (χ0) is 17.4. The summed E-state index contributed by atoms with van der Waals surface area (Å²) in [6.07, 6.45) is 1.40. The topological polar surface area (TPSA) is 78.3 Å². The zero-order valence-corrected chi connectivity index (χ0v) is 14.5. The number of rotatable bonds is 3. The van der Waals surface area contributed by atoms with E-state index in [0.29, 0.717) is 5.78 Å². The second kappa shape index (κ2) is 6.33. The Hall–Kier alpha value is -2.67. The van der Waals surface area contributed by atoms with Crippen LogP contribution in [0.15, 0.2) is 35.4 Å². The van der Waals surface area contributed by atoms with Crippen LogP contribution in [0, 0.1) is 0 Å². The minimum absolute atomic E-state index is 0.0835. The van der Waals surface area contributed by atoms with Crippen LogP contribution in [0.5, 0.6) is 0 Å². The molecule has 3 aromatic rings. The maximum Gasteiger partial charge on any atom is 0.279 e. The van der Waals surface area contributed by atoms with Crippen molar-refractivity contribution >= 4 is 11.5 Å². The first kappa shape index (κ1) is 15.8. The minimum atomic E-state index is -0.109.